The average molecular weight is 527 g/mol. The van der Waals surface area contributed by atoms with Crippen molar-refractivity contribution >= 4 is 22.5 Å². The zero-order valence-corrected chi connectivity index (χ0v) is 23.6. The van der Waals surface area contributed by atoms with Crippen molar-refractivity contribution in [1.82, 2.24) is 0 Å². The molecular formula is C35H42O2S. The monoisotopic (exact) mass is 526 g/mol. The first-order valence-electron chi connectivity index (χ1n) is 14.3. The number of fused-ring (bicyclic) bond motifs is 1. The molecule has 3 heteroatoms. The fourth-order valence-electron chi connectivity index (χ4n) is 5.17. The van der Waals surface area contributed by atoms with Gasteiger partial charge in [0.15, 0.2) is 0 Å². The van der Waals surface area contributed by atoms with Gasteiger partial charge in [0.25, 0.3) is 0 Å². The van der Waals surface area contributed by atoms with Crippen LogP contribution in [-0.4, -0.2) is 21.7 Å². The molecule has 0 aromatic heterocycles. The Labute approximate surface area is 233 Å². The van der Waals surface area contributed by atoms with Gasteiger partial charge in [-0.1, -0.05) is 87.2 Å². The number of benzene rings is 4. The molecule has 4 aromatic carbocycles. The van der Waals surface area contributed by atoms with E-state index >= 15 is 0 Å². The number of phenols is 2. The SMILES string of the molecule is CCCCCCSCCc1ccc(CCCCCc2c(-c3ccc(O)cc3)ccc3cc(O)ccc23)cc1. The van der Waals surface area contributed by atoms with Crippen LogP contribution in [0.4, 0.5) is 0 Å². The van der Waals surface area contributed by atoms with Crippen molar-refractivity contribution < 1.29 is 10.2 Å². The van der Waals surface area contributed by atoms with Crippen LogP contribution in [-0.2, 0) is 19.3 Å². The summed E-state index contributed by atoms with van der Waals surface area (Å²) in [6.45, 7) is 2.27. The second-order valence-electron chi connectivity index (χ2n) is 10.3. The van der Waals surface area contributed by atoms with Gasteiger partial charge in [0.1, 0.15) is 11.5 Å². The summed E-state index contributed by atoms with van der Waals surface area (Å²) in [5, 5.41) is 22.0. The van der Waals surface area contributed by atoms with Gasteiger partial charge < -0.3 is 10.2 Å². The second-order valence-corrected chi connectivity index (χ2v) is 11.6. The number of thioether (sulfide) groups is 1. The van der Waals surface area contributed by atoms with E-state index in [4.69, 9.17) is 0 Å². The van der Waals surface area contributed by atoms with Crippen LogP contribution in [0.3, 0.4) is 0 Å². The Morgan fingerprint density at radius 3 is 2.03 bits per heavy atom. The fourth-order valence-corrected chi connectivity index (χ4v) is 6.16. The van der Waals surface area contributed by atoms with Crippen molar-refractivity contribution in [3.63, 3.8) is 0 Å². The minimum absolute atomic E-state index is 0.283. The van der Waals surface area contributed by atoms with Gasteiger partial charge in [0.05, 0.1) is 0 Å². The first-order chi connectivity index (χ1) is 18.6. The number of aromatic hydroxyl groups is 2. The number of rotatable bonds is 15. The predicted molar refractivity (Wildman–Crippen MR) is 166 cm³/mol. The van der Waals surface area contributed by atoms with E-state index in [-0.39, 0.29) is 5.75 Å². The van der Waals surface area contributed by atoms with Gasteiger partial charge in [-0.15, -0.1) is 0 Å². The molecule has 0 bridgehead atoms. The van der Waals surface area contributed by atoms with Gasteiger partial charge in [0, 0.05) is 0 Å². The average Bonchev–Trinajstić information content (AvgIpc) is 2.93. The highest BCUT2D eigenvalue weighted by molar-refractivity contribution is 7.99. The molecule has 0 radical (unpaired) electrons. The van der Waals surface area contributed by atoms with E-state index in [1.165, 1.54) is 84.1 Å². The molecule has 200 valence electrons. The topological polar surface area (TPSA) is 40.5 Å². The lowest BCUT2D eigenvalue weighted by atomic mass is 9.90. The van der Waals surface area contributed by atoms with Gasteiger partial charge in [-0.2, -0.15) is 11.8 Å². The number of hydrogen-bond donors (Lipinski definition) is 2. The Morgan fingerprint density at radius 2 is 1.26 bits per heavy atom. The van der Waals surface area contributed by atoms with Crippen LogP contribution < -0.4 is 0 Å². The Morgan fingerprint density at radius 1 is 0.579 bits per heavy atom. The summed E-state index contributed by atoms with van der Waals surface area (Å²) in [6.07, 6.45) is 12.2. The highest BCUT2D eigenvalue weighted by Gasteiger charge is 2.11. The molecule has 0 unspecified atom stereocenters. The molecule has 2 nitrogen and oxygen atoms in total. The number of aryl methyl sites for hydroxylation is 3. The number of phenolic OH excluding ortho intramolecular Hbond substituents is 2. The summed E-state index contributed by atoms with van der Waals surface area (Å²) >= 11 is 2.10. The highest BCUT2D eigenvalue weighted by atomic mass is 32.2. The lowest BCUT2D eigenvalue weighted by molar-refractivity contribution is 0.475. The third-order valence-electron chi connectivity index (χ3n) is 7.39. The van der Waals surface area contributed by atoms with Gasteiger partial charge >= 0.3 is 0 Å². The number of hydrogen-bond acceptors (Lipinski definition) is 3. The molecule has 0 saturated heterocycles. The standard InChI is InChI=1S/C35H42O2S/c1-2-3-4-8-24-38-25-23-28-13-11-27(12-14-28)9-6-5-7-10-35-33(29-15-18-31(36)19-16-29)21-17-30-26-32(37)20-22-34(30)35/h11-22,26,36-37H,2-10,23-25H2,1H3. The summed E-state index contributed by atoms with van der Waals surface area (Å²) < 4.78 is 0. The van der Waals surface area contributed by atoms with Crippen molar-refractivity contribution in [1.29, 1.82) is 0 Å². The van der Waals surface area contributed by atoms with E-state index in [2.05, 4.69) is 55.1 Å². The maximum Gasteiger partial charge on any atom is 0.116 e. The van der Waals surface area contributed by atoms with E-state index in [0.717, 1.165) is 30.2 Å². The maximum atomic E-state index is 9.97. The van der Waals surface area contributed by atoms with Crippen LogP contribution in [0.25, 0.3) is 21.9 Å². The van der Waals surface area contributed by atoms with Crippen LogP contribution in [0.15, 0.2) is 78.9 Å². The quantitative estimate of drug-likeness (QED) is 0.151. The fraction of sp³-hybridized carbons (Fsp3) is 0.371. The normalized spacial score (nSPS) is 11.3. The summed E-state index contributed by atoms with van der Waals surface area (Å²) in [5.41, 5.74) is 6.53. The molecule has 38 heavy (non-hydrogen) atoms. The van der Waals surface area contributed by atoms with Crippen molar-refractivity contribution in [2.45, 2.75) is 71.1 Å². The Balaban J connectivity index is 1.27. The lowest BCUT2D eigenvalue weighted by Crippen LogP contribution is -1.95. The zero-order chi connectivity index (χ0) is 26.6. The minimum atomic E-state index is 0.283. The van der Waals surface area contributed by atoms with E-state index < -0.39 is 0 Å². The Kier molecular flexibility index (Phi) is 11.0. The van der Waals surface area contributed by atoms with Crippen LogP contribution in [0.5, 0.6) is 11.5 Å². The molecule has 2 N–H and O–H groups in total. The molecule has 0 amide bonds. The molecule has 4 rings (SSSR count). The summed E-state index contributed by atoms with van der Waals surface area (Å²) in [7, 11) is 0. The molecule has 0 saturated carbocycles. The van der Waals surface area contributed by atoms with Gasteiger partial charge in [-0.25, -0.2) is 0 Å². The molecule has 0 heterocycles. The lowest BCUT2D eigenvalue weighted by Gasteiger charge is -2.14. The van der Waals surface area contributed by atoms with E-state index in [1.54, 1.807) is 18.2 Å². The summed E-state index contributed by atoms with van der Waals surface area (Å²) in [5.74, 6) is 3.11. The van der Waals surface area contributed by atoms with Gasteiger partial charge in [-0.05, 0) is 113 Å². The molecule has 0 aliphatic heterocycles. The number of unbranched alkanes of at least 4 members (excludes halogenated alkanes) is 5. The molecule has 0 atom stereocenters. The smallest absolute Gasteiger partial charge is 0.116 e. The Bertz CT molecular complexity index is 1260. The maximum absolute atomic E-state index is 9.97. The first kappa shape index (κ1) is 28.1. The molecular weight excluding hydrogens is 484 g/mol. The third-order valence-corrected chi connectivity index (χ3v) is 8.46. The van der Waals surface area contributed by atoms with Crippen LogP contribution in [0, 0.1) is 0 Å². The third kappa shape index (κ3) is 8.30. The zero-order valence-electron chi connectivity index (χ0n) is 22.8. The van der Waals surface area contributed by atoms with E-state index in [9.17, 15) is 10.2 Å². The van der Waals surface area contributed by atoms with Crippen LogP contribution >= 0.6 is 11.8 Å². The Hall–Kier alpha value is -2.91. The molecule has 4 aromatic rings. The highest BCUT2D eigenvalue weighted by Crippen LogP contribution is 2.34. The van der Waals surface area contributed by atoms with Gasteiger partial charge in [-0.3, -0.25) is 0 Å². The van der Waals surface area contributed by atoms with Crippen LogP contribution in [0.1, 0.15) is 68.6 Å². The van der Waals surface area contributed by atoms with Crippen LogP contribution in [0.2, 0.25) is 0 Å². The van der Waals surface area contributed by atoms with Crippen molar-refractivity contribution in [2.24, 2.45) is 0 Å². The van der Waals surface area contributed by atoms with Gasteiger partial charge in [0.2, 0.25) is 0 Å². The van der Waals surface area contributed by atoms with Crippen molar-refractivity contribution in [3.05, 3.63) is 95.6 Å². The van der Waals surface area contributed by atoms with Crippen molar-refractivity contribution in [3.8, 4) is 22.6 Å². The second kappa shape index (κ2) is 14.9. The first-order valence-corrected chi connectivity index (χ1v) is 15.5. The predicted octanol–water partition coefficient (Wildman–Crippen LogP) is 9.73. The minimum Gasteiger partial charge on any atom is -0.508 e. The molecule has 0 fully saturated rings. The van der Waals surface area contributed by atoms with E-state index in [1.807, 2.05) is 24.3 Å². The van der Waals surface area contributed by atoms with Crippen molar-refractivity contribution in [2.75, 3.05) is 11.5 Å². The summed E-state index contributed by atoms with van der Waals surface area (Å²) in [4.78, 5) is 0. The summed E-state index contributed by atoms with van der Waals surface area (Å²) in [6, 6.07) is 26.6. The molecule has 0 aliphatic rings. The molecule has 0 spiro atoms. The largest absolute Gasteiger partial charge is 0.508 e. The van der Waals surface area contributed by atoms with E-state index in [0.29, 0.717) is 5.75 Å². The molecule has 0 aliphatic carbocycles.